The van der Waals surface area contributed by atoms with E-state index in [4.69, 9.17) is 0 Å². The van der Waals surface area contributed by atoms with Crippen LogP contribution in [0.2, 0.25) is 0 Å². The monoisotopic (exact) mass is 192 g/mol. The molecule has 14 heavy (non-hydrogen) atoms. The molecule has 1 heteroatoms. The van der Waals surface area contributed by atoms with E-state index in [-0.39, 0.29) is 5.83 Å². The van der Waals surface area contributed by atoms with Gasteiger partial charge in [0, 0.05) is 0 Å². The number of rotatable bonds is 5. The van der Waals surface area contributed by atoms with Gasteiger partial charge in [0.25, 0.3) is 0 Å². The molecular formula is C13H17F. The maximum Gasteiger partial charge on any atom is 0.101 e. The van der Waals surface area contributed by atoms with E-state index in [2.05, 4.69) is 6.92 Å². The average molecular weight is 192 g/mol. The Morgan fingerprint density at radius 3 is 2.57 bits per heavy atom. The topological polar surface area (TPSA) is 0 Å². The number of hydrogen-bond donors (Lipinski definition) is 0. The van der Waals surface area contributed by atoms with Gasteiger partial charge in [-0.1, -0.05) is 50.1 Å². The van der Waals surface area contributed by atoms with Crippen molar-refractivity contribution in [1.29, 1.82) is 0 Å². The SMILES string of the molecule is CCCCC/C(F)=C\c1ccccc1. The van der Waals surface area contributed by atoms with E-state index in [1.807, 2.05) is 30.3 Å². The summed E-state index contributed by atoms with van der Waals surface area (Å²) in [7, 11) is 0. The number of hydrogen-bond acceptors (Lipinski definition) is 0. The Hall–Kier alpha value is -1.11. The second-order valence-electron chi connectivity index (χ2n) is 3.46. The average Bonchev–Trinajstić information content (AvgIpc) is 2.20. The van der Waals surface area contributed by atoms with Crippen LogP contribution in [0.3, 0.4) is 0 Å². The molecule has 0 aliphatic carbocycles. The van der Waals surface area contributed by atoms with Crippen molar-refractivity contribution < 1.29 is 4.39 Å². The Bertz CT molecular complexity index is 275. The first-order chi connectivity index (χ1) is 6.83. The maximum absolute atomic E-state index is 13.3. The lowest BCUT2D eigenvalue weighted by atomic mass is 10.1. The third kappa shape index (κ3) is 4.22. The van der Waals surface area contributed by atoms with Gasteiger partial charge in [-0.05, 0) is 24.5 Å². The van der Waals surface area contributed by atoms with Crippen molar-refractivity contribution in [3.05, 3.63) is 41.7 Å². The molecule has 0 fully saturated rings. The summed E-state index contributed by atoms with van der Waals surface area (Å²) in [6.07, 6.45) is 5.39. The smallest absolute Gasteiger partial charge is 0.101 e. The first-order valence-electron chi connectivity index (χ1n) is 5.24. The van der Waals surface area contributed by atoms with Gasteiger partial charge in [0.2, 0.25) is 0 Å². The number of benzene rings is 1. The molecule has 0 saturated heterocycles. The minimum absolute atomic E-state index is 0.00958. The number of halogens is 1. The lowest BCUT2D eigenvalue weighted by molar-refractivity contribution is 0.567. The van der Waals surface area contributed by atoms with Crippen LogP contribution in [0.5, 0.6) is 0 Å². The van der Waals surface area contributed by atoms with E-state index in [0.717, 1.165) is 24.8 Å². The first-order valence-corrected chi connectivity index (χ1v) is 5.24. The zero-order chi connectivity index (χ0) is 10.2. The predicted octanol–water partition coefficient (Wildman–Crippen LogP) is 4.58. The molecule has 0 aliphatic rings. The molecule has 0 spiro atoms. The van der Waals surface area contributed by atoms with Crippen LogP contribution in [-0.4, -0.2) is 0 Å². The minimum atomic E-state index is -0.00958. The van der Waals surface area contributed by atoms with E-state index in [9.17, 15) is 4.39 Å². The van der Waals surface area contributed by atoms with Gasteiger partial charge >= 0.3 is 0 Å². The lowest BCUT2D eigenvalue weighted by Crippen LogP contribution is -1.78. The van der Waals surface area contributed by atoms with Crippen LogP contribution in [0.15, 0.2) is 36.2 Å². The van der Waals surface area contributed by atoms with Crippen LogP contribution in [0.25, 0.3) is 6.08 Å². The fourth-order valence-electron chi connectivity index (χ4n) is 1.35. The standard InChI is InChI=1S/C13H17F/c1-2-3-5-10-13(14)11-12-8-6-4-7-9-12/h4,6-9,11H,2-3,5,10H2,1H3/b13-11+. The Kier molecular flexibility index (Phi) is 4.98. The third-order valence-corrected chi connectivity index (χ3v) is 2.14. The zero-order valence-corrected chi connectivity index (χ0v) is 8.67. The minimum Gasteiger partial charge on any atom is -0.212 e. The molecule has 0 heterocycles. The normalized spacial score (nSPS) is 11.7. The summed E-state index contributed by atoms with van der Waals surface area (Å²) in [5.41, 5.74) is 0.946. The van der Waals surface area contributed by atoms with E-state index < -0.39 is 0 Å². The molecule has 0 radical (unpaired) electrons. The number of allylic oxidation sites excluding steroid dienone is 1. The molecule has 0 saturated carbocycles. The quantitative estimate of drug-likeness (QED) is 0.599. The Morgan fingerprint density at radius 2 is 1.93 bits per heavy atom. The van der Waals surface area contributed by atoms with E-state index in [1.54, 1.807) is 6.08 Å². The van der Waals surface area contributed by atoms with Gasteiger partial charge in [0.05, 0.1) is 0 Å². The fourth-order valence-corrected chi connectivity index (χ4v) is 1.35. The number of unbranched alkanes of at least 4 members (excludes halogenated alkanes) is 2. The van der Waals surface area contributed by atoms with Crippen molar-refractivity contribution in [1.82, 2.24) is 0 Å². The van der Waals surface area contributed by atoms with Crippen molar-refractivity contribution in [3.63, 3.8) is 0 Å². The van der Waals surface area contributed by atoms with Gasteiger partial charge in [-0.3, -0.25) is 0 Å². The second kappa shape index (κ2) is 6.36. The van der Waals surface area contributed by atoms with E-state index >= 15 is 0 Å². The van der Waals surface area contributed by atoms with Crippen molar-refractivity contribution in [3.8, 4) is 0 Å². The molecule has 1 aromatic rings. The Labute approximate surface area is 85.5 Å². The van der Waals surface area contributed by atoms with Crippen molar-refractivity contribution in [2.75, 3.05) is 0 Å². The van der Waals surface area contributed by atoms with Gasteiger partial charge in [-0.15, -0.1) is 0 Å². The summed E-state index contributed by atoms with van der Waals surface area (Å²) in [5, 5.41) is 0. The van der Waals surface area contributed by atoms with Crippen molar-refractivity contribution >= 4 is 6.08 Å². The fraction of sp³-hybridized carbons (Fsp3) is 0.385. The van der Waals surface area contributed by atoms with Crippen LogP contribution in [0.4, 0.5) is 4.39 Å². The zero-order valence-electron chi connectivity index (χ0n) is 8.67. The largest absolute Gasteiger partial charge is 0.212 e. The van der Waals surface area contributed by atoms with Gasteiger partial charge < -0.3 is 0 Å². The Morgan fingerprint density at radius 1 is 1.21 bits per heavy atom. The van der Waals surface area contributed by atoms with Crippen LogP contribution in [0, 0.1) is 0 Å². The molecule has 0 amide bonds. The Balaban J connectivity index is 2.43. The first kappa shape index (κ1) is 11.0. The summed E-state index contributed by atoms with van der Waals surface area (Å²) in [5.74, 6) is -0.00958. The van der Waals surface area contributed by atoms with E-state index in [0.29, 0.717) is 6.42 Å². The molecule has 1 rings (SSSR count). The molecule has 0 unspecified atom stereocenters. The van der Waals surface area contributed by atoms with Crippen molar-refractivity contribution in [2.24, 2.45) is 0 Å². The van der Waals surface area contributed by atoms with Gasteiger partial charge in [0.1, 0.15) is 5.83 Å². The summed E-state index contributed by atoms with van der Waals surface area (Å²) in [6.45, 7) is 2.12. The molecule has 0 aromatic heterocycles. The summed E-state index contributed by atoms with van der Waals surface area (Å²) in [6, 6.07) is 9.61. The molecule has 0 N–H and O–H groups in total. The molecule has 0 aliphatic heterocycles. The molecule has 0 bridgehead atoms. The molecule has 1 aromatic carbocycles. The third-order valence-electron chi connectivity index (χ3n) is 2.14. The van der Waals surface area contributed by atoms with Crippen LogP contribution in [0.1, 0.15) is 38.2 Å². The molecule has 76 valence electrons. The maximum atomic E-state index is 13.3. The van der Waals surface area contributed by atoms with Crippen molar-refractivity contribution in [2.45, 2.75) is 32.6 Å². The highest BCUT2D eigenvalue weighted by Gasteiger charge is 1.95. The van der Waals surface area contributed by atoms with Gasteiger partial charge in [-0.2, -0.15) is 0 Å². The lowest BCUT2D eigenvalue weighted by Gasteiger charge is -1.97. The van der Waals surface area contributed by atoms with Gasteiger partial charge in [-0.25, -0.2) is 4.39 Å². The highest BCUT2D eigenvalue weighted by Crippen LogP contribution is 2.14. The van der Waals surface area contributed by atoms with Crippen LogP contribution < -0.4 is 0 Å². The molecule has 0 atom stereocenters. The van der Waals surface area contributed by atoms with Gasteiger partial charge in [0.15, 0.2) is 0 Å². The highest BCUT2D eigenvalue weighted by atomic mass is 19.1. The summed E-state index contributed by atoms with van der Waals surface area (Å²) >= 11 is 0. The molecule has 0 nitrogen and oxygen atoms in total. The summed E-state index contributed by atoms with van der Waals surface area (Å²) in [4.78, 5) is 0. The van der Waals surface area contributed by atoms with Crippen LogP contribution in [-0.2, 0) is 0 Å². The van der Waals surface area contributed by atoms with E-state index in [1.165, 1.54) is 0 Å². The molecular weight excluding hydrogens is 175 g/mol. The van der Waals surface area contributed by atoms with Crippen LogP contribution >= 0.6 is 0 Å². The highest BCUT2D eigenvalue weighted by molar-refractivity contribution is 5.50. The predicted molar refractivity (Wildman–Crippen MR) is 59.7 cm³/mol. The summed E-state index contributed by atoms with van der Waals surface area (Å²) < 4.78 is 13.3. The second-order valence-corrected chi connectivity index (χ2v) is 3.46.